The molecule has 0 saturated heterocycles. The van der Waals surface area contributed by atoms with E-state index in [1.165, 1.54) is 5.56 Å². The molecule has 0 heterocycles. The first-order chi connectivity index (χ1) is 13.0. The maximum atomic E-state index is 11.9. The number of ether oxygens (including phenoxy) is 1. The van der Waals surface area contributed by atoms with Crippen LogP contribution in [0, 0.1) is 0 Å². The van der Waals surface area contributed by atoms with Crippen molar-refractivity contribution in [1.82, 2.24) is 10.2 Å². The molecule has 0 saturated carbocycles. The molecule has 0 aliphatic rings. The van der Waals surface area contributed by atoms with Gasteiger partial charge in [0.25, 0.3) is 0 Å². The molecule has 1 aromatic rings. The van der Waals surface area contributed by atoms with Crippen molar-refractivity contribution in [3.8, 4) is 0 Å². The van der Waals surface area contributed by atoms with E-state index < -0.39 is 5.97 Å². The second-order valence-electron chi connectivity index (χ2n) is 7.14. The molecule has 2 N–H and O–H groups in total. The molecule has 0 unspecified atom stereocenters. The summed E-state index contributed by atoms with van der Waals surface area (Å²) in [6, 6.07) is 10.1. The zero-order valence-corrected chi connectivity index (χ0v) is 16.7. The van der Waals surface area contributed by atoms with Crippen molar-refractivity contribution in [1.29, 1.82) is 0 Å². The van der Waals surface area contributed by atoms with Gasteiger partial charge in [-0.05, 0) is 45.3 Å². The lowest BCUT2D eigenvalue weighted by Crippen LogP contribution is -2.43. The van der Waals surface area contributed by atoms with Gasteiger partial charge in [0.2, 0.25) is 5.91 Å². The van der Waals surface area contributed by atoms with Gasteiger partial charge in [0, 0.05) is 26.2 Å². The van der Waals surface area contributed by atoms with Crippen LogP contribution in [0.3, 0.4) is 0 Å². The monoisotopic (exact) mass is 378 g/mol. The van der Waals surface area contributed by atoms with E-state index in [-0.39, 0.29) is 18.4 Å². The fourth-order valence-corrected chi connectivity index (χ4v) is 2.90. The van der Waals surface area contributed by atoms with Crippen LogP contribution in [0.1, 0.15) is 44.1 Å². The molecule has 1 rings (SSSR count). The molecule has 0 aromatic heterocycles. The number of hydrogen-bond donors (Lipinski definition) is 2. The average molecular weight is 379 g/mol. The van der Waals surface area contributed by atoms with Crippen molar-refractivity contribution < 1.29 is 19.4 Å². The van der Waals surface area contributed by atoms with Gasteiger partial charge in [0.05, 0.1) is 12.5 Å². The third-order valence-electron chi connectivity index (χ3n) is 4.16. The van der Waals surface area contributed by atoms with Gasteiger partial charge in [0.15, 0.2) is 0 Å². The number of carboxylic acid groups (broad SMARTS) is 1. The molecule has 6 nitrogen and oxygen atoms in total. The minimum absolute atomic E-state index is 0.0661. The number of aryl methyl sites for hydroxylation is 1. The number of carbonyl (C=O) groups is 2. The number of likely N-dealkylation sites (N-methyl/N-ethyl adjacent to an activating group) is 1. The maximum Gasteiger partial charge on any atom is 0.305 e. The number of carbonyl (C=O) groups excluding carboxylic acids is 1. The van der Waals surface area contributed by atoms with Crippen molar-refractivity contribution in [3.05, 3.63) is 35.9 Å². The number of rotatable bonds is 15. The number of nitrogens with one attached hydrogen (secondary N) is 1. The quantitative estimate of drug-likeness (QED) is 0.459. The summed E-state index contributed by atoms with van der Waals surface area (Å²) < 4.78 is 5.59. The van der Waals surface area contributed by atoms with E-state index in [2.05, 4.69) is 29.6 Å². The Labute approximate surface area is 162 Å². The Bertz CT molecular complexity index is 534. The molecular formula is C21H34N2O4. The van der Waals surface area contributed by atoms with Crippen LogP contribution in [-0.4, -0.2) is 61.8 Å². The summed E-state index contributed by atoms with van der Waals surface area (Å²) in [5.74, 6) is -1.02. The molecule has 0 aliphatic heterocycles. The molecule has 0 spiro atoms. The Hall–Kier alpha value is -1.92. The lowest BCUT2D eigenvalue weighted by molar-refractivity contribution is -0.137. The Morgan fingerprint density at radius 1 is 1.07 bits per heavy atom. The Balaban J connectivity index is 2.01. The first kappa shape index (κ1) is 23.1. The third-order valence-corrected chi connectivity index (χ3v) is 4.16. The van der Waals surface area contributed by atoms with Gasteiger partial charge in [-0.2, -0.15) is 0 Å². The summed E-state index contributed by atoms with van der Waals surface area (Å²) in [5.41, 5.74) is 1.37. The third kappa shape index (κ3) is 13.0. The molecule has 0 bridgehead atoms. The largest absolute Gasteiger partial charge is 0.481 e. The molecule has 1 aromatic carbocycles. The van der Waals surface area contributed by atoms with E-state index in [4.69, 9.17) is 9.84 Å². The number of aliphatic carboxylic acids is 1. The number of nitrogens with zero attached hydrogens (tertiary/aromatic N) is 1. The van der Waals surface area contributed by atoms with Crippen molar-refractivity contribution in [2.45, 2.75) is 51.0 Å². The number of amides is 1. The summed E-state index contributed by atoms with van der Waals surface area (Å²) in [4.78, 5) is 24.7. The van der Waals surface area contributed by atoms with E-state index in [0.29, 0.717) is 26.0 Å². The molecule has 0 aliphatic carbocycles. The summed E-state index contributed by atoms with van der Waals surface area (Å²) in [5, 5.41) is 11.7. The van der Waals surface area contributed by atoms with Crippen LogP contribution in [0.15, 0.2) is 30.3 Å². The highest BCUT2D eigenvalue weighted by Crippen LogP contribution is 2.06. The number of unbranched alkanes of at least 4 members (excludes halogenated alkanes) is 2. The fourth-order valence-electron chi connectivity index (χ4n) is 2.90. The number of hydrogen-bond acceptors (Lipinski definition) is 4. The van der Waals surface area contributed by atoms with Crippen molar-refractivity contribution in [2.24, 2.45) is 0 Å². The van der Waals surface area contributed by atoms with Crippen LogP contribution in [0.25, 0.3) is 0 Å². The zero-order chi connectivity index (χ0) is 19.9. The number of benzene rings is 1. The van der Waals surface area contributed by atoms with Gasteiger partial charge in [0.1, 0.15) is 0 Å². The summed E-state index contributed by atoms with van der Waals surface area (Å²) in [6.45, 7) is 1.79. The van der Waals surface area contributed by atoms with E-state index in [9.17, 15) is 9.59 Å². The molecular weight excluding hydrogens is 344 g/mol. The van der Waals surface area contributed by atoms with Gasteiger partial charge < -0.3 is 20.1 Å². The lowest BCUT2D eigenvalue weighted by Gasteiger charge is -2.20. The van der Waals surface area contributed by atoms with E-state index >= 15 is 0 Å². The molecule has 0 radical (unpaired) electrons. The lowest BCUT2D eigenvalue weighted by atomic mass is 10.1. The van der Waals surface area contributed by atoms with Crippen molar-refractivity contribution >= 4 is 11.9 Å². The predicted octanol–water partition coefficient (Wildman–Crippen LogP) is 2.72. The van der Waals surface area contributed by atoms with Crippen LogP contribution in [0.4, 0.5) is 0 Å². The highest BCUT2D eigenvalue weighted by atomic mass is 16.5. The fraction of sp³-hybridized carbons (Fsp3) is 0.619. The predicted molar refractivity (Wildman–Crippen MR) is 107 cm³/mol. The first-order valence-electron chi connectivity index (χ1n) is 9.75. The first-order valence-corrected chi connectivity index (χ1v) is 9.75. The van der Waals surface area contributed by atoms with Crippen LogP contribution in [0.2, 0.25) is 0 Å². The van der Waals surface area contributed by atoms with Crippen LogP contribution in [0.5, 0.6) is 0 Å². The maximum absolute atomic E-state index is 11.9. The average Bonchev–Trinajstić information content (AvgIpc) is 2.60. The molecule has 6 heteroatoms. The van der Waals surface area contributed by atoms with Crippen LogP contribution in [-0.2, 0) is 20.7 Å². The minimum Gasteiger partial charge on any atom is -0.481 e. The smallest absolute Gasteiger partial charge is 0.305 e. The van der Waals surface area contributed by atoms with Crippen LogP contribution < -0.4 is 5.32 Å². The molecule has 27 heavy (non-hydrogen) atoms. The van der Waals surface area contributed by atoms with E-state index in [0.717, 1.165) is 32.3 Å². The summed E-state index contributed by atoms with van der Waals surface area (Å²) in [6.07, 6.45) is 5.37. The molecule has 0 fully saturated rings. The molecule has 1 amide bonds. The highest BCUT2D eigenvalue weighted by Gasteiger charge is 2.16. The van der Waals surface area contributed by atoms with E-state index in [1.54, 1.807) is 0 Å². The topological polar surface area (TPSA) is 78.9 Å². The Morgan fingerprint density at radius 2 is 1.78 bits per heavy atom. The Kier molecular flexibility index (Phi) is 12.1. The SMILES string of the molecule is CN(C)C[C@@H](CC(=O)O)NC(=O)CCCOCCCCCc1ccccc1. The zero-order valence-electron chi connectivity index (χ0n) is 16.7. The van der Waals surface area contributed by atoms with Gasteiger partial charge in [-0.1, -0.05) is 36.8 Å². The highest BCUT2D eigenvalue weighted by molar-refractivity contribution is 5.77. The Morgan fingerprint density at radius 3 is 2.44 bits per heavy atom. The van der Waals surface area contributed by atoms with Crippen molar-refractivity contribution in [2.75, 3.05) is 33.9 Å². The minimum atomic E-state index is -0.905. The summed E-state index contributed by atoms with van der Waals surface area (Å²) >= 11 is 0. The standard InChI is InChI=1S/C21H34N2O4/c1-23(2)17-19(16-21(25)26)22-20(24)13-9-15-27-14-8-4-7-12-18-10-5-3-6-11-18/h3,5-6,10-11,19H,4,7-9,12-17H2,1-2H3,(H,22,24)(H,25,26)/t19-/m1/s1. The van der Waals surface area contributed by atoms with Gasteiger partial charge in [-0.25, -0.2) is 0 Å². The molecule has 152 valence electrons. The molecule has 1 atom stereocenters. The van der Waals surface area contributed by atoms with Gasteiger partial charge in [-0.15, -0.1) is 0 Å². The van der Waals surface area contributed by atoms with Crippen molar-refractivity contribution in [3.63, 3.8) is 0 Å². The van der Waals surface area contributed by atoms with E-state index in [1.807, 2.05) is 25.1 Å². The number of carboxylic acids is 1. The normalized spacial score (nSPS) is 12.1. The van der Waals surface area contributed by atoms with Crippen LogP contribution >= 0.6 is 0 Å². The second kappa shape index (κ2) is 14.2. The summed E-state index contributed by atoms with van der Waals surface area (Å²) in [7, 11) is 3.71. The van der Waals surface area contributed by atoms with Gasteiger partial charge in [-0.3, -0.25) is 9.59 Å². The van der Waals surface area contributed by atoms with Gasteiger partial charge >= 0.3 is 5.97 Å². The second-order valence-corrected chi connectivity index (χ2v) is 7.14.